The largest absolute Gasteiger partial charge is 0.497 e. The molecule has 17 heavy (non-hydrogen) atoms. The van der Waals surface area contributed by atoms with Gasteiger partial charge in [-0.25, -0.2) is 4.79 Å². The Hall–Kier alpha value is -1.75. The van der Waals surface area contributed by atoms with E-state index in [1.165, 1.54) is 4.90 Å². The molecule has 1 heterocycles. The molecule has 1 aliphatic heterocycles. The second-order valence-electron chi connectivity index (χ2n) is 3.91. The summed E-state index contributed by atoms with van der Waals surface area (Å²) in [6.07, 6.45) is -0.897. The van der Waals surface area contributed by atoms with Gasteiger partial charge in [0.25, 0.3) is 0 Å². The van der Waals surface area contributed by atoms with E-state index in [-0.39, 0.29) is 12.6 Å². The van der Waals surface area contributed by atoms with Gasteiger partial charge in [-0.1, -0.05) is 0 Å². The highest BCUT2D eigenvalue weighted by atomic mass is 16.6. The monoisotopic (exact) mass is 237 g/mol. The fraction of sp³-hybridized carbons (Fsp3) is 0.417. The second-order valence-corrected chi connectivity index (χ2v) is 3.91. The molecule has 0 aliphatic carbocycles. The van der Waals surface area contributed by atoms with Crippen LogP contribution in [0, 0.1) is 0 Å². The van der Waals surface area contributed by atoms with Crippen LogP contribution in [0.25, 0.3) is 0 Å². The average molecular weight is 237 g/mol. The summed E-state index contributed by atoms with van der Waals surface area (Å²) in [6, 6.07) is 6.96. The van der Waals surface area contributed by atoms with Crippen LogP contribution >= 0.6 is 0 Å². The molecule has 0 spiro atoms. The standard InChI is InChI=1S/C12H15NO4/c1-8-11(7-14)17-12(15)13(8)9-3-5-10(16-2)6-4-9/h3-6,8,11,14H,7H2,1-2H3/t8-,11+/m0/s1. The van der Waals surface area contributed by atoms with E-state index in [9.17, 15) is 4.79 Å². The summed E-state index contributed by atoms with van der Waals surface area (Å²) in [5.74, 6) is 0.729. The molecular weight excluding hydrogens is 222 g/mol. The fourth-order valence-corrected chi connectivity index (χ4v) is 1.89. The van der Waals surface area contributed by atoms with E-state index in [2.05, 4.69) is 0 Å². The number of nitrogens with zero attached hydrogens (tertiary/aromatic N) is 1. The van der Waals surface area contributed by atoms with E-state index in [0.717, 1.165) is 11.4 Å². The topological polar surface area (TPSA) is 59.0 Å². The first-order valence-corrected chi connectivity index (χ1v) is 5.42. The Balaban J connectivity index is 2.23. The average Bonchev–Trinajstić information content (AvgIpc) is 2.64. The molecular formula is C12H15NO4. The normalized spacial score (nSPS) is 23.7. The molecule has 0 radical (unpaired) electrons. The highest BCUT2D eigenvalue weighted by molar-refractivity contribution is 5.90. The quantitative estimate of drug-likeness (QED) is 0.863. The molecule has 5 nitrogen and oxygen atoms in total. The van der Waals surface area contributed by atoms with Crippen molar-refractivity contribution in [3.05, 3.63) is 24.3 Å². The minimum atomic E-state index is -0.468. The molecule has 1 aromatic rings. The predicted molar refractivity (Wildman–Crippen MR) is 62.3 cm³/mol. The number of ether oxygens (including phenoxy) is 2. The van der Waals surface area contributed by atoms with Crippen LogP contribution in [-0.4, -0.2) is 37.1 Å². The summed E-state index contributed by atoms with van der Waals surface area (Å²) in [6.45, 7) is 1.68. The van der Waals surface area contributed by atoms with Crippen LogP contribution < -0.4 is 9.64 Å². The van der Waals surface area contributed by atoms with Crippen molar-refractivity contribution in [3.63, 3.8) is 0 Å². The van der Waals surface area contributed by atoms with Crippen molar-refractivity contribution in [1.29, 1.82) is 0 Å². The number of aliphatic hydroxyl groups is 1. The highest BCUT2D eigenvalue weighted by Gasteiger charge is 2.39. The molecule has 0 aromatic heterocycles. The molecule has 0 unspecified atom stereocenters. The van der Waals surface area contributed by atoms with Crippen molar-refractivity contribution in [1.82, 2.24) is 0 Å². The minimum absolute atomic E-state index is 0.167. The van der Waals surface area contributed by atoms with Crippen LogP contribution in [0.1, 0.15) is 6.92 Å². The van der Waals surface area contributed by atoms with Crippen LogP contribution in [-0.2, 0) is 4.74 Å². The zero-order valence-corrected chi connectivity index (χ0v) is 9.79. The lowest BCUT2D eigenvalue weighted by atomic mass is 10.1. The molecule has 1 N–H and O–H groups in total. The molecule has 1 aromatic carbocycles. The van der Waals surface area contributed by atoms with E-state index in [0.29, 0.717) is 0 Å². The third kappa shape index (κ3) is 2.06. The number of amides is 1. The van der Waals surface area contributed by atoms with E-state index in [1.54, 1.807) is 31.4 Å². The molecule has 5 heteroatoms. The lowest BCUT2D eigenvalue weighted by molar-refractivity contribution is 0.0853. The molecule has 2 atom stereocenters. The number of hydrogen-bond donors (Lipinski definition) is 1. The van der Waals surface area contributed by atoms with Crippen molar-refractivity contribution in [2.75, 3.05) is 18.6 Å². The third-order valence-corrected chi connectivity index (χ3v) is 2.92. The van der Waals surface area contributed by atoms with E-state index < -0.39 is 12.2 Å². The van der Waals surface area contributed by atoms with Crippen LogP contribution in [0.3, 0.4) is 0 Å². The highest BCUT2D eigenvalue weighted by Crippen LogP contribution is 2.28. The Morgan fingerprint density at radius 2 is 2.06 bits per heavy atom. The Morgan fingerprint density at radius 3 is 2.53 bits per heavy atom. The molecule has 1 fully saturated rings. The molecule has 92 valence electrons. The van der Waals surface area contributed by atoms with Gasteiger partial charge in [-0.15, -0.1) is 0 Å². The summed E-state index contributed by atoms with van der Waals surface area (Å²) >= 11 is 0. The third-order valence-electron chi connectivity index (χ3n) is 2.92. The summed E-state index contributed by atoms with van der Waals surface area (Å²) in [7, 11) is 1.59. The van der Waals surface area contributed by atoms with Gasteiger partial charge in [0.05, 0.1) is 19.8 Å². The number of aliphatic hydroxyl groups excluding tert-OH is 1. The lowest BCUT2D eigenvalue weighted by Gasteiger charge is -2.20. The van der Waals surface area contributed by atoms with Crippen LogP contribution in [0.2, 0.25) is 0 Å². The number of benzene rings is 1. The molecule has 1 amide bonds. The van der Waals surface area contributed by atoms with Gasteiger partial charge in [0.2, 0.25) is 0 Å². The van der Waals surface area contributed by atoms with Crippen molar-refractivity contribution in [3.8, 4) is 5.75 Å². The first kappa shape index (κ1) is 11.7. The molecule has 1 aliphatic rings. The summed E-state index contributed by atoms with van der Waals surface area (Å²) in [5, 5.41) is 9.08. The van der Waals surface area contributed by atoms with Crippen molar-refractivity contribution < 1.29 is 19.4 Å². The Bertz CT molecular complexity index is 403. The van der Waals surface area contributed by atoms with Crippen LogP contribution in [0.15, 0.2) is 24.3 Å². The minimum Gasteiger partial charge on any atom is -0.497 e. The van der Waals surface area contributed by atoms with Crippen molar-refractivity contribution >= 4 is 11.8 Å². The Morgan fingerprint density at radius 1 is 1.41 bits per heavy atom. The van der Waals surface area contributed by atoms with Gasteiger partial charge in [0.15, 0.2) is 0 Å². The number of methoxy groups -OCH3 is 1. The molecule has 2 rings (SSSR count). The maximum absolute atomic E-state index is 11.7. The maximum atomic E-state index is 11.7. The molecule has 1 saturated heterocycles. The zero-order valence-electron chi connectivity index (χ0n) is 9.79. The van der Waals surface area contributed by atoms with Gasteiger partial charge in [0, 0.05) is 5.69 Å². The predicted octanol–water partition coefficient (Wildman–Crippen LogP) is 1.40. The smallest absolute Gasteiger partial charge is 0.415 e. The first-order valence-electron chi connectivity index (χ1n) is 5.42. The lowest BCUT2D eigenvalue weighted by Crippen LogP contribution is -2.35. The fourth-order valence-electron chi connectivity index (χ4n) is 1.89. The van der Waals surface area contributed by atoms with Gasteiger partial charge >= 0.3 is 6.09 Å². The number of rotatable bonds is 3. The molecule has 0 saturated carbocycles. The maximum Gasteiger partial charge on any atom is 0.415 e. The van der Waals surface area contributed by atoms with E-state index in [1.807, 2.05) is 6.92 Å². The zero-order chi connectivity index (χ0) is 12.4. The summed E-state index contributed by atoms with van der Waals surface area (Å²) in [4.78, 5) is 13.2. The number of cyclic esters (lactones) is 1. The number of carbonyl (C=O) groups is 1. The Kier molecular flexibility index (Phi) is 3.19. The van der Waals surface area contributed by atoms with Crippen LogP contribution in [0.5, 0.6) is 5.75 Å². The van der Waals surface area contributed by atoms with Gasteiger partial charge < -0.3 is 14.6 Å². The van der Waals surface area contributed by atoms with E-state index in [4.69, 9.17) is 14.6 Å². The van der Waals surface area contributed by atoms with E-state index >= 15 is 0 Å². The Labute approximate surface area is 99.6 Å². The van der Waals surface area contributed by atoms with Crippen LogP contribution in [0.4, 0.5) is 10.5 Å². The van der Waals surface area contributed by atoms with Crippen molar-refractivity contribution in [2.45, 2.75) is 19.1 Å². The number of carbonyl (C=O) groups excluding carboxylic acids is 1. The summed E-state index contributed by atoms with van der Waals surface area (Å²) < 4.78 is 10.1. The second kappa shape index (κ2) is 4.63. The van der Waals surface area contributed by atoms with Gasteiger partial charge in [-0.05, 0) is 31.2 Å². The number of anilines is 1. The van der Waals surface area contributed by atoms with Gasteiger partial charge in [0.1, 0.15) is 11.9 Å². The summed E-state index contributed by atoms with van der Waals surface area (Å²) in [5.41, 5.74) is 0.735. The van der Waals surface area contributed by atoms with Crippen molar-refractivity contribution in [2.24, 2.45) is 0 Å². The SMILES string of the molecule is COc1ccc(N2C(=O)O[C@H](CO)[C@@H]2C)cc1. The molecule has 0 bridgehead atoms. The van der Waals surface area contributed by atoms with Gasteiger partial charge in [-0.2, -0.15) is 0 Å². The van der Waals surface area contributed by atoms with Gasteiger partial charge in [-0.3, -0.25) is 4.90 Å². The first-order chi connectivity index (χ1) is 8.17. The number of hydrogen-bond acceptors (Lipinski definition) is 4.